The molecule has 2 amide bonds. The van der Waals surface area contributed by atoms with Crippen molar-refractivity contribution in [3.63, 3.8) is 0 Å². The number of rotatable bonds is 8. The van der Waals surface area contributed by atoms with Gasteiger partial charge in [-0.15, -0.1) is 0 Å². The zero-order valence-corrected chi connectivity index (χ0v) is 16.7. The predicted molar refractivity (Wildman–Crippen MR) is 105 cm³/mol. The molecule has 0 aliphatic rings. The highest BCUT2D eigenvalue weighted by Gasteiger charge is 2.12. The van der Waals surface area contributed by atoms with Gasteiger partial charge in [-0.3, -0.25) is 14.5 Å². The number of methoxy groups -OCH3 is 1. The lowest BCUT2D eigenvalue weighted by atomic mass is 10.2. The van der Waals surface area contributed by atoms with Crippen molar-refractivity contribution in [1.29, 1.82) is 0 Å². The molecule has 2 aromatic carbocycles. The summed E-state index contributed by atoms with van der Waals surface area (Å²) in [6.07, 6.45) is 0. The SMILES string of the molecule is COc1ccc(Br)cc1CN(C)CC(=O)NCC(=O)Nc1ccc(F)cc1. The number of nitrogens with zero attached hydrogens (tertiary/aromatic N) is 1. The number of amides is 2. The highest BCUT2D eigenvalue weighted by atomic mass is 79.9. The van der Waals surface area contributed by atoms with E-state index in [9.17, 15) is 14.0 Å². The van der Waals surface area contributed by atoms with Crippen LogP contribution in [0.5, 0.6) is 5.75 Å². The van der Waals surface area contributed by atoms with Gasteiger partial charge in [0.1, 0.15) is 11.6 Å². The largest absolute Gasteiger partial charge is 0.496 e. The second-order valence-electron chi connectivity index (χ2n) is 5.96. The number of carbonyl (C=O) groups is 2. The van der Waals surface area contributed by atoms with E-state index in [2.05, 4.69) is 26.6 Å². The van der Waals surface area contributed by atoms with Crippen LogP contribution in [-0.2, 0) is 16.1 Å². The summed E-state index contributed by atoms with van der Waals surface area (Å²) in [4.78, 5) is 25.7. The lowest BCUT2D eigenvalue weighted by molar-refractivity contribution is -0.124. The van der Waals surface area contributed by atoms with Crippen LogP contribution < -0.4 is 15.4 Å². The quantitative estimate of drug-likeness (QED) is 0.665. The maximum absolute atomic E-state index is 12.8. The summed E-state index contributed by atoms with van der Waals surface area (Å²) >= 11 is 3.42. The summed E-state index contributed by atoms with van der Waals surface area (Å²) in [5.41, 5.74) is 1.41. The van der Waals surface area contributed by atoms with Gasteiger partial charge >= 0.3 is 0 Å². The summed E-state index contributed by atoms with van der Waals surface area (Å²) in [6.45, 7) is 0.474. The van der Waals surface area contributed by atoms with Gasteiger partial charge in [-0.25, -0.2) is 4.39 Å². The Bertz CT molecular complexity index is 799. The predicted octanol–water partition coefficient (Wildman–Crippen LogP) is 2.78. The number of hydrogen-bond donors (Lipinski definition) is 2. The minimum atomic E-state index is -0.383. The smallest absolute Gasteiger partial charge is 0.243 e. The number of benzene rings is 2. The van der Waals surface area contributed by atoms with Gasteiger partial charge in [0.15, 0.2) is 0 Å². The Balaban J connectivity index is 1.78. The number of carbonyl (C=O) groups excluding carboxylic acids is 2. The third kappa shape index (κ3) is 6.99. The fourth-order valence-corrected chi connectivity index (χ4v) is 2.84. The molecule has 0 unspecified atom stereocenters. The monoisotopic (exact) mass is 437 g/mol. The van der Waals surface area contributed by atoms with Gasteiger partial charge in [0.05, 0.1) is 20.2 Å². The van der Waals surface area contributed by atoms with Gasteiger partial charge in [0.2, 0.25) is 11.8 Å². The number of anilines is 1. The van der Waals surface area contributed by atoms with Gasteiger partial charge in [-0.05, 0) is 49.5 Å². The van der Waals surface area contributed by atoms with Crippen LogP contribution in [0.1, 0.15) is 5.56 Å². The van der Waals surface area contributed by atoms with Crippen molar-refractivity contribution < 1.29 is 18.7 Å². The van der Waals surface area contributed by atoms with E-state index in [1.54, 1.807) is 14.2 Å². The maximum atomic E-state index is 12.8. The third-order valence-electron chi connectivity index (χ3n) is 3.67. The van der Waals surface area contributed by atoms with Crippen LogP contribution in [0.4, 0.5) is 10.1 Å². The number of hydrogen-bond acceptors (Lipinski definition) is 4. The molecule has 0 spiro atoms. The summed E-state index contributed by atoms with van der Waals surface area (Å²) in [6, 6.07) is 11.1. The van der Waals surface area contributed by atoms with Crippen molar-refractivity contribution in [2.45, 2.75) is 6.54 Å². The second kappa shape index (κ2) is 10.0. The fourth-order valence-electron chi connectivity index (χ4n) is 2.44. The molecule has 0 radical (unpaired) electrons. The summed E-state index contributed by atoms with van der Waals surface area (Å²) in [5, 5.41) is 5.15. The van der Waals surface area contributed by atoms with Gasteiger partial charge in [0, 0.05) is 22.3 Å². The van der Waals surface area contributed by atoms with Crippen molar-refractivity contribution >= 4 is 33.4 Å². The highest BCUT2D eigenvalue weighted by Crippen LogP contribution is 2.23. The standard InChI is InChI=1S/C19H21BrFN3O3/c1-24(11-13-9-14(20)3-8-17(13)27-2)12-19(26)22-10-18(25)23-16-6-4-15(21)5-7-16/h3-9H,10-12H2,1-2H3,(H,22,26)(H,23,25). The van der Waals surface area contributed by atoms with Gasteiger partial charge < -0.3 is 15.4 Å². The van der Waals surface area contributed by atoms with E-state index in [0.29, 0.717) is 12.2 Å². The van der Waals surface area contributed by atoms with Crippen molar-refractivity contribution in [1.82, 2.24) is 10.2 Å². The fraction of sp³-hybridized carbons (Fsp3) is 0.263. The topological polar surface area (TPSA) is 70.7 Å². The van der Waals surface area contributed by atoms with Crippen molar-refractivity contribution in [3.05, 3.63) is 58.3 Å². The molecule has 2 rings (SSSR count). The molecule has 0 aliphatic carbocycles. The average Bonchev–Trinajstić information content (AvgIpc) is 2.62. The normalized spacial score (nSPS) is 10.6. The number of likely N-dealkylation sites (N-methyl/N-ethyl adjacent to an activating group) is 1. The zero-order valence-electron chi connectivity index (χ0n) is 15.1. The Morgan fingerprint density at radius 1 is 1.15 bits per heavy atom. The summed E-state index contributed by atoms with van der Waals surface area (Å²) in [5.74, 6) is -0.303. The molecule has 144 valence electrons. The van der Waals surface area contributed by atoms with Crippen LogP contribution in [0.15, 0.2) is 46.9 Å². The molecule has 0 saturated carbocycles. The Labute approximate surface area is 165 Å². The highest BCUT2D eigenvalue weighted by molar-refractivity contribution is 9.10. The zero-order chi connectivity index (χ0) is 19.8. The molecule has 0 aromatic heterocycles. The van der Waals surface area contributed by atoms with Gasteiger partial charge in [-0.2, -0.15) is 0 Å². The van der Waals surface area contributed by atoms with E-state index in [1.807, 2.05) is 23.1 Å². The van der Waals surface area contributed by atoms with E-state index >= 15 is 0 Å². The molecule has 0 bridgehead atoms. The van der Waals surface area contributed by atoms with Crippen LogP contribution in [0.3, 0.4) is 0 Å². The molecule has 8 heteroatoms. The van der Waals surface area contributed by atoms with E-state index in [0.717, 1.165) is 15.8 Å². The minimum absolute atomic E-state index is 0.124. The second-order valence-corrected chi connectivity index (χ2v) is 6.88. The van der Waals surface area contributed by atoms with Crippen LogP contribution in [-0.4, -0.2) is 44.0 Å². The molecule has 0 fully saturated rings. The van der Waals surface area contributed by atoms with Gasteiger partial charge in [-0.1, -0.05) is 15.9 Å². The Morgan fingerprint density at radius 2 is 1.85 bits per heavy atom. The van der Waals surface area contributed by atoms with Crippen LogP contribution in [0.25, 0.3) is 0 Å². The van der Waals surface area contributed by atoms with Crippen LogP contribution in [0.2, 0.25) is 0 Å². The Morgan fingerprint density at radius 3 is 2.52 bits per heavy atom. The lowest BCUT2D eigenvalue weighted by Crippen LogP contribution is -2.39. The number of nitrogens with one attached hydrogen (secondary N) is 2. The Hall–Kier alpha value is -2.45. The average molecular weight is 438 g/mol. The third-order valence-corrected chi connectivity index (χ3v) is 4.16. The van der Waals surface area contributed by atoms with Crippen LogP contribution >= 0.6 is 15.9 Å². The van der Waals surface area contributed by atoms with Crippen molar-refractivity contribution in [2.75, 3.05) is 32.6 Å². The van der Waals surface area contributed by atoms with Crippen molar-refractivity contribution in [2.24, 2.45) is 0 Å². The molecule has 0 aliphatic heterocycles. The maximum Gasteiger partial charge on any atom is 0.243 e. The molecule has 27 heavy (non-hydrogen) atoms. The molecule has 2 aromatic rings. The molecule has 0 saturated heterocycles. The lowest BCUT2D eigenvalue weighted by Gasteiger charge is -2.18. The molecular weight excluding hydrogens is 417 g/mol. The summed E-state index contributed by atoms with van der Waals surface area (Å²) in [7, 11) is 3.40. The van der Waals surface area contributed by atoms with E-state index < -0.39 is 0 Å². The first kappa shape index (κ1) is 20.9. The molecule has 2 N–H and O–H groups in total. The number of halogens is 2. The first-order valence-corrected chi connectivity index (χ1v) is 8.99. The molecule has 0 heterocycles. The first-order valence-electron chi connectivity index (χ1n) is 8.20. The van der Waals surface area contributed by atoms with Crippen LogP contribution in [0, 0.1) is 5.82 Å². The minimum Gasteiger partial charge on any atom is -0.496 e. The summed E-state index contributed by atoms with van der Waals surface area (Å²) < 4.78 is 19.1. The molecule has 0 atom stereocenters. The molecule has 6 nitrogen and oxygen atoms in total. The van der Waals surface area contributed by atoms with Crippen molar-refractivity contribution in [3.8, 4) is 5.75 Å². The van der Waals surface area contributed by atoms with E-state index in [-0.39, 0.29) is 30.7 Å². The first-order chi connectivity index (χ1) is 12.9. The molecular formula is C19H21BrFN3O3. The van der Waals surface area contributed by atoms with Gasteiger partial charge in [0.25, 0.3) is 0 Å². The van der Waals surface area contributed by atoms with E-state index in [4.69, 9.17) is 4.74 Å². The number of ether oxygens (including phenoxy) is 1. The van der Waals surface area contributed by atoms with E-state index in [1.165, 1.54) is 24.3 Å². The Kier molecular flexibility index (Phi) is 7.75.